The first kappa shape index (κ1) is 24.6. The summed E-state index contributed by atoms with van der Waals surface area (Å²) >= 11 is 6.34. The van der Waals surface area contributed by atoms with Crippen LogP contribution in [0.25, 0.3) is 6.08 Å². The Bertz CT molecular complexity index is 1090. The molecular formula is C24H23FN2O4S2. The summed E-state index contributed by atoms with van der Waals surface area (Å²) in [6, 6.07) is 12.5. The maximum absolute atomic E-state index is 13.9. The van der Waals surface area contributed by atoms with Gasteiger partial charge < -0.3 is 10.1 Å². The number of thiocarbonyl (C=S) groups is 1. The van der Waals surface area contributed by atoms with E-state index in [2.05, 4.69) is 5.32 Å². The summed E-state index contributed by atoms with van der Waals surface area (Å²) in [6.45, 7) is 2.49. The van der Waals surface area contributed by atoms with Crippen LogP contribution in [0.1, 0.15) is 42.1 Å². The molecule has 1 heterocycles. The number of halogens is 1. The van der Waals surface area contributed by atoms with E-state index < -0.39 is 11.8 Å². The van der Waals surface area contributed by atoms with Gasteiger partial charge in [0.2, 0.25) is 5.91 Å². The first-order valence-electron chi connectivity index (χ1n) is 10.5. The Morgan fingerprint density at radius 3 is 2.61 bits per heavy atom. The molecular weight excluding hydrogens is 463 g/mol. The maximum Gasteiger partial charge on any atom is 0.338 e. The third-order valence-corrected chi connectivity index (χ3v) is 6.14. The van der Waals surface area contributed by atoms with Gasteiger partial charge in [0, 0.05) is 24.2 Å². The van der Waals surface area contributed by atoms with Gasteiger partial charge in [-0.3, -0.25) is 14.5 Å². The lowest BCUT2D eigenvalue weighted by Gasteiger charge is -2.14. The number of rotatable bonds is 9. The first-order chi connectivity index (χ1) is 15.9. The molecule has 9 heteroatoms. The summed E-state index contributed by atoms with van der Waals surface area (Å²) in [4.78, 5) is 38.6. The lowest BCUT2D eigenvalue weighted by Crippen LogP contribution is -2.31. The number of carbonyl (C=O) groups is 3. The van der Waals surface area contributed by atoms with Gasteiger partial charge in [-0.25, -0.2) is 9.18 Å². The molecule has 1 aliphatic rings. The molecule has 1 saturated heterocycles. The van der Waals surface area contributed by atoms with Crippen LogP contribution in [0.2, 0.25) is 0 Å². The van der Waals surface area contributed by atoms with Crippen molar-refractivity contribution < 1.29 is 23.5 Å². The molecule has 3 rings (SSSR count). The number of anilines is 1. The van der Waals surface area contributed by atoms with E-state index in [1.54, 1.807) is 42.5 Å². The van der Waals surface area contributed by atoms with E-state index in [0.29, 0.717) is 32.6 Å². The molecule has 0 radical (unpaired) electrons. The molecule has 0 unspecified atom stereocenters. The zero-order chi connectivity index (χ0) is 23.8. The van der Waals surface area contributed by atoms with Gasteiger partial charge in [-0.2, -0.15) is 0 Å². The molecule has 1 N–H and O–H groups in total. The van der Waals surface area contributed by atoms with Crippen LogP contribution in [0.3, 0.4) is 0 Å². The van der Waals surface area contributed by atoms with Crippen molar-refractivity contribution in [2.75, 3.05) is 18.5 Å². The second-order valence-corrected chi connectivity index (χ2v) is 8.90. The Morgan fingerprint density at radius 2 is 1.91 bits per heavy atom. The van der Waals surface area contributed by atoms with Crippen LogP contribution in [-0.4, -0.2) is 40.2 Å². The monoisotopic (exact) mass is 486 g/mol. The number of nitrogens with zero attached hydrogens (tertiary/aromatic N) is 1. The third-order valence-electron chi connectivity index (χ3n) is 4.76. The van der Waals surface area contributed by atoms with Crippen LogP contribution in [0.4, 0.5) is 10.1 Å². The maximum atomic E-state index is 13.9. The van der Waals surface area contributed by atoms with Crippen molar-refractivity contribution in [2.24, 2.45) is 0 Å². The van der Waals surface area contributed by atoms with Crippen molar-refractivity contribution in [2.45, 2.75) is 26.2 Å². The number of nitrogens with one attached hydrogen (secondary N) is 1. The number of benzene rings is 2. The van der Waals surface area contributed by atoms with Crippen LogP contribution in [0, 0.1) is 5.82 Å². The van der Waals surface area contributed by atoms with Crippen LogP contribution in [0.5, 0.6) is 0 Å². The number of carbonyl (C=O) groups excluding carboxylic acids is 3. The molecule has 2 aromatic carbocycles. The predicted octanol–water partition coefficient (Wildman–Crippen LogP) is 5.01. The fraction of sp³-hybridized carbons (Fsp3) is 0.250. The largest absolute Gasteiger partial charge is 0.462 e. The summed E-state index contributed by atoms with van der Waals surface area (Å²) in [5.41, 5.74) is 1.23. The zero-order valence-electron chi connectivity index (χ0n) is 18.0. The standard InChI is InChI=1S/C24H23FN2O4S2/c1-2-3-14-31-23(30)16-8-10-18(11-9-16)26-21(28)12-13-27-22(29)20(33-24(27)32)15-17-6-4-5-7-19(17)25/h4-11,15H,2-3,12-14H2,1H3,(H,26,28)/b20-15-. The minimum absolute atomic E-state index is 0.0280. The first-order valence-corrected chi connectivity index (χ1v) is 11.7. The second kappa shape index (κ2) is 11.7. The number of hydrogen-bond acceptors (Lipinski definition) is 6. The summed E-state index contributed by atoms with van der Waals surface area (Å²) in [6.07, 6.45) is 3.24. The van der Waals surface area contributed by atoms with E-state index in [9.17, 15) is 18.8 Å². The fourth-order valence-electron chi connectivity index (χ4n) is 2.95. The minimum Gasteiger partial charge on any atom is -0.462 e. The number of esters is 1. The normalized spacial score (nSPS) is 14.6. The molecule has 0 aliphatic carbocycles. The number of thioether (sulfide) groups is 1. The highest BCUT2D eigenvalue weighted by atomic mass is 32.2. The SMILES string of the molecule is CCCCOC(=O)c1ccc(NC(=O)CCN2C(=O)/C(=C/c3ccccc3F)SC2=S)cc1. The van der Waals surface area contributed by atoms with Gasteiger partial charge in [-0.05, 0) is 42.8 Å². The van der Waals surface area contributed by atoms with Gasteiger partial charge in [-0.15, -0.1) is 0 Å². The quantitative estimate of drug-likeness (QED) is 0.232. The van der Waals surface area contributed by atoms with Crippen molar-refractivity contribution in [3.05, 3.63) is 70.4 Å². The lowest BCUT2D eigenvalue weighted by molar-refractivity contribution is -0.122. The fourth-order valence-corrected chi connectivity index (χ4v) is 4.24. The topological polar surface area (TPSA) is 75.7 Å². The second-order valence-electron chi connectivity index (χ2n) is 7.22. The van der Waals surface area contributed by atoms with Crippen molar-refractivity contribution in [3.63, 3.8) is 0 Å². The highest BCUT2D eigenvalue weighted by Crippen LogP contribution is 2.33. The van der Waals surface area contributed by atoms with Crippen molar-refractivity contribution in [1.29, 1.82) is 0 Å². The molecule has 0 saturated carbocycles. The summed E-state index contributed by atoms with van der Waals surface area (Å²) in [5.74, 6) is -1.49. The molecule has 0 spiro atoms. The molecule has 2 amide bonds. The zero-order valence-corrected chi connectivity index (χ0v) is 19.6. The molecule has 0 aromatic heterocycles. The minimum atomic E-state index is -0.428. The third kappa shape index (κ3) is 6.72. The van der Waals surface area contributed by atoms with E-state index in [1.165, 1.54) is 17.0 Å². The number of unbranched alkanes of at least 4 members (excludes halogenated alkanes) is 1. The van der Waals surface area contributed by atoms with Crippen molar-refractivity contribution >= 4 is 57.8 Å². The van der Waals surface area contributed by atoms with Gasteiger partial charge >= 0.3 is 5.97 Å². The molecule has 0 bridgehead atoms. The Hall–Kier alpha value is -3.04. The van der Waals surface area contributed by atoms with Crippen LogP contribution in [0.15, 0.2) is 53.4 Å². The predicted molar refractivity (Wildman–Crippen MR) is 131 cm³/mol. The molecule has 33 heavy (non-hydrogen) atoms. The van der Waals surface area contributed by atoms with E-state index >= 15 is 0 Å². The van der Waals surface area contributed by atoms with E-state index in [0.717, 1.165) is 24.6 Å². The van der Waals surface area contributed by atoms with Gasteiger partial charge in [0.25, 0.3) is 5.91 Å². The van der Waals surface area contributed by atoms with Crippen LogP contribution >= 0.6 is 24.0 Å². The number of ether oxygens (including phenoxy) is 1. The van der Waals surface area contributed by atoms with Gasteiger partial charge in [0.15, 0.2) is 0 Å². The number of amides is 2. The lowest BCUT2D eigenvalue weighted by atomic mass is 10.2. The molecule has 172 valence electrons. The average molecular weight is 487 g/mol. The number of hydrogen-bond donors (Lipinski definition) is 1. The summed E-state index contributed by atoms with van der Waals surface area (Å²) in [7, 11) is 0. The highest BCUT2D eigenvalue weighted by molar-refractivity contribution is 8.26. The highest BCUT2D eigenvalue weighted by Gasteiger charge is 2.32. The molecule has 1 fully saturated rings. The Kier molecular flexibility index (Phi) is 8.73. The molecule has 6 nitrogen and oxygen atoms in total. The Morgan fingerprint density at radius 1 is 1.18 bits per heavy atom. The van der Waals surface area contributed by atoms with E-state index in [1.807, 2.05) is 6.92 Å². The van der Waals surface area contributed by atoms with E-state index in [4.69, 9.17) is 17.0 Å². The van der Waals surface area contributed by atoms with Gasteiger partial charge in [0.05, 0.1) is 17.1 Å². The summed E-state index contributed by atoms with van der Waals surface area (Å²) in [5, 5.41) is 2.73. The van der Waals surface area contributed by atoms with Gasteiger partial charge in [0.1, 0.15) is 10.1 Å². The summed E-state index contributed by atoms with van der Waals surface area (Å²) < 4.78 is 19.3. The Labute approximate surface area is 201 Å². The molecule has 2 aromatic rings. The van der Waals surface area contributed by atoms with Gasteiger partial charge in [-0.1, -0.05) is 55.5 Å². The van der Waals surface area contributed by atoms with Crippen LogP contribution in [-0.2, 0) is 14.3 Å². The smallest absolute Gasteiger partial charge is 0.338 e. The molecule has 0 atom stereocenters. The van der Waals surface area contributed by atoms with Crippen LogP contribution < -0.4 is 5.32 Å². The Balaban J connectivity index is 1.52. The van der Waals surface area contributed by atoms with E-state index in [-0.39, 0.29) is 24.8 Å². The molecule has 1 aliphatic heterocycles. The van der Waals surface area contributed by atoms with Crippen molar-refractivity contribution in [3.8, 4) is 0 Å². The van der Waals surface area contributed by atoms with Crippen molar-refractivity contribution in [1.82, 2.24) is 4.90 Å². The average Bonchev–Trinajstić information content (AvgIpc) is 3.06.